The summed E-state index contributed by atoms with van der Waals surface area (Å²) >= 11 is 1.57. The Bertz CT molecular complexity index is 1170. The van der Waals surface area contributed by atoms with Gasteiger partial charge in [-0.2, -0.15) is 0 Å². The molecule has 1 heterocycles. The Hall–Kier alpha value is -2.97. The third kappa shape index (κ3) is 4.01. The smallest absolute Gasteiger partial charge is 0.267 e. The second kappa shape index (κ2) is 8.41. The van der Waals surface area contributed by atoms with Crippen molar-refractivity contribution in [2.75, 3.05) is 22.4 Å². The molecule has 30 heavy (non-hydrogen) atoms. The van der Waals surface area contributed by atoms with Gasteiger partial charge in [-0.25, -0.2) is 8.42 Å². The number of rotatable bonds is 5. The van der Waals surface area contributed by atoms with Gasteiger partial charge in [-0.3, -0.25) is 9.10 Å². The van der Waals surface area contributed by atoms with Gasteiger partial charge in [0.25, 0.3) is 15.9 Å². The zero-order chi connectivity index (χ0) is 21.1. The normalized spacial score (nSPS) is 15.8. The number of benzene rings is 3. The number of anilines is 2. The predicted molar refractivity (Wildman–Crippen MR) is 119 cm³/mol. The van der Waals surface area contributed by atoms with E-state index in [2.05, 4.69) is 5.32 Å². The molecule has 8 heteroatoms. The van der Waals surface area contributed by atoms with E-state index in [0.717, 1.165) is 4.90 Å². The molecule has 1 unspecified atom stereocenters. The summed E-state index contributed by atoms with van der Waals surface area (Å²) in [6.45, 7) is -0.123. The van der Waals surface area contributed by atoms with Crippen LogP contribution in [0.25, 0.3) is 0 Å². The molecule has 0 bridgehead atoms. The Balaban J connectivity index is 1.65. The van der Waals surface area contributed by atoms with Crippen LogP contribution in [0.15, 0.2) is 88.7 Å². The number of amides is 1. The number of carbonyl (C=O) groups is 1. The lowest BCUT2D eigenvalue weighted by molar-refractivity contribution is -0.122. The van der Waals surface area contributed by atoms with Crippen molar-refractivity contribution in [2.45, 2.75) is 15.9 Å². The molecule has 0 spiro atoms. The Morgan fingerprint density at radius 1 is 1.03 bits per heavy atom. The summed E-state index contributed by atoms with van der Waals surface area (Å²) in [5.41, 5.74) is 1.04. The van der Waals surface area contributed by atoms with Crippen LogP contribution < -0.4 is 14.4 Å². The van der Waals surface area contributed by atoms with Crippen LogP contribution in [0.4, 0.5) is 11.4 Å². The van der Waals surface area contributed by atoms with Crippen molar-refractivity contribution >= 4 is 39.1 Å². The van der Waals surface area contributed by atoms with Crippen molar-refractivity contribution in [3.05, 3.63) is 78.9 Å². The Morgan fingerprint density at radius 2 is 1.77 bits per heavy atom. The van der Waals surface area contributed by atoms with Gasteiger partial charge in [0.15, 0.2) is 6.10 Å². The van der Waals surface area contributed by atoms with E-state index in [4.69, 9.17) is 4.74 Å². The first-order chi connectivity index (χ1) is 14.5. The van der Waals surface area contributed by atoms with E-state index in [-0.39, 0.29) is 11.4 Å². The zero-order valence-electron chi connectivity index (χ0n) is 16.2. The number of ether oxygens (including phenoxy) is 1. The summed E-state index contributed by atoms with van der Waals surface area (Å²) in [5, 5.41) is 2.83. The Labute approximate surface area is 179 Å². The molecule has 4 rings (SSSR count). The maximum absolute atomic E-state index is 13.3. The average Bonchev–Trinajstić information content (AvgIpc) is 2.79. The molecule has 3 aromatic rings. The third-order valence-corrected chi connectivity index (χ3v) is 7.21. The lowest BCUT2D eigenvalue weighted by Gasteiger charge is -2.34. The number of para-hydroxylation sites is 2. The van der Waals surface area contributed by atoms with Crippen LogP contribution in [0.3, 0.4) is 0 Å². The van der Waals surface area contributed by atoms with E-state index in [0.29, 0.717) is 17.1 Å². The molecule has 0 saturated heterocycles. The fraction of sp³-hybridized carbons (Fsp3) is 0.136. The summed E-state index contributed by atoms with van der Waals surface area (Å²) in [6.07, 6.45) is 0.963. The van der Waals surface area contributed by atoms with Gasteiger partial charge in [-0.15, -0.1) is 11.8 Å². The number of nitrogens with one attached hydrogen (secondary N) is 1. The lowest BCUT2D eigenvalue weighted by Crippen LogP contribution is -2.48. The summed E-state index contributed by atoms with van der Waals surface area (Å²) < 4.78 is 33.7. The van der Waals surface area contributed by atoms with Crippen LogP contribution in [0.2, 0.25) is 0 Å². The predicted octanol–water partition coefficient (Wildman–Crippen LogP) is 4.00. The van der Waals surface area contributed by atoms with Crippen LogP contribution in [-0.2, 0) is 14.8 Å². The molecule has 1 amide bonds. The molecule has 0 aromatic heterocycles. The largest absolute Gasteiger partial charge is 0.476 e. The number of hydrogen-bond donors (Lipinski definition) is 1. The van der Waals surface area contributed by atoms with Gasteiger partial charge in [-0.05, 0) is 48.7 Å². The minimum Gasteiger partial charge on any atom is -0.476 e. The maximum atomic E-state index is 13.3. The first kappa shape index (κ1) is 20.3. The van der Waals surface area contributed by atoms with E-state index >= 15 is 0 Å². The molecular weight excluding hydrogens is 420 g/mol. The minimum absolute atomic E-state index is 0.123. The first-order valence-electron chi connectivity index (χ1n) is 9.27. The van der Waals surface area contributed by atoms with Crippen LogP contribution in [0.5, 0.6) is 5.75 Å². The van der Waals surface area contributed by atoms with Gasteiger partial charge in [0.05, 0.1) is 17.1 Å². The number of hydrogen-bond acceptors (Lipinski definition) is 5. The third-order valence-electron chi connectivity index (χ3n) is 4.70. The Morgan fingerprint density at radius 3 is 2.53 bits per heavy atom. The molecule has 1 aliphatic rings. The van der Waals surface area contributed by atoms with Gasteiger partial charge >= 0.3 is 0 Å². The molecular formula is C22H20N2O4S2. The zero-order valence-corrected chi connectivity index (χ0v) is 17.8. The van der Waals surface area contributed by atoms with Crippen molar-refractivity contribution in [2.24, 2.45) is 0 Å². The maximum Gasteiger partial charge on any atom is 0.267 e. The van der Waals surface area contributed by atoms with E-state index in [1.807, 2.05) is 24.5 Å². The first-order valence-corrected chi connectivity index (χ1v) is 11.9. The summed E-state index contributed by atoms with van der Waals surface area (Å²) in [6, 6.07) is 22.4. The van der Waals surface area contributed by atoms with Crippen molar-refractivity contribution < 1.29 is 17.9 Å². The van der Waals surface area contributed by atoms with Gasteiger partial charge in [0, 0.05) is 10.6 Å². The fourth-order valence-electron chi connectivity index (χ4n) is 3.21. The monoisotopic (exact) mass is 440 g/mol. The number of sulfonamides is 1. The number of nitrogens with zero attached hydrogens (tertiary/aromatic N) is 1. The van der Waals surface area contributed by atoms with Crippen molar-refractivity contribution in [1.82, 2.24) is 0 Å². The van der Waals surface area contributed by atoms with Gasteiger partial charge in [-0.1, -0.05) is 36.4 Å². The molecule has 1 N–H and O–H groups in total. The molecule has 6 nitrogen and oxygen atoms in total. The highest BCUT2D eigenvalue weighted by Gasteiger charge is 2.37. The van der Waals surface area contributed by atoms with Crippen molar-refractivity contribution in [3.8, 4) is 5.75 Å². The minimum atomic E-state index is -3.86. The topological polar surface area (TPSA) is 75.7 Å². The quantitative estimate of drug-likeness (QED) is 0.607. The summed E-state index contributed by atoms with van der Waals surface area (Å²) in [4.78, 5) is 14.1. The van der Waals surface area contributed by atoms with Gasteiger partial charge in [0.1, 0.15) is 5.75 Å². The highest BCUT2D eigenvalue weighted by molar-refractivity contribution is 7.98. The highest BCUT2D eigenvalue weighted by atomic mass is 32.2. The van der Waals surface area contributed by atoms with E-state index < -0.39 is 22.0 Å². The number of carbonyl (C=O) groups excluding carboxylic acids is 1. The fourth-order valence-corrected chi connectivity index (χ4v) is 5.17. The Kier molecular flexibility index (Phi) is 5.69. The van der Waals surface area contributed by atoms with Gasteiger partial charge < -0.3 is 10.1 Å². The second-order valence-corrected chi connectivity index (χ2v) is 9.39. The number of thioether (sulfide) groups is 1. The van der Waals surface area contributed by atoms with Crippen LogP contribution >= 0.6 is 11.8 Å². The molecule has 0 saturated carbocycles. The molecule has 3 aromatic carbocycles. The van der Waals surface area contributed by atoms with Crippen LogP contribution in [-0.4, -0.2) is 33.2 Å². The number of fused-ring (bicyclic) bond motifs is 1. The molecule has 1 atom stereocenters. The standard InChI is InChI=1S/C22H20N2O4S2/c1-29-17-9-7-8-16(14-17)23-22(25)21-15-24(19-12-5-6-13-20(19)28-21)30(26,27)18-10-3-2-4-11-18/h2-14,21H,15H2,1H3,(H,23,25). The lowest BCUT2D eigenvalue weighted by atomic mass is 10.2. The van der Waals surface area contributed by atoms with E-state index in [9.17, 15) is 13.2 Å². The molecule has 0 radical (unpaired) electrons. The summed E-state index contributed by atoms with van der Waals surface area (Å²) in [7, 11) is -3.86. The van der Waals surface area contributed by atoms with E-state index in [1.165, 1.54) is 16.4 Å². The van der Waals surface area contributed by atoms with Crippen LogP contribution in [0.1, 0.15) is 0 Å². The second-order valence-electron chi connectivity index (χ2n) is 6.64. The molecule has 0 aliphatic carbocycles. The SMILES string of the molecule is CSc1cccc(NC(=O)C2CN(S(=O)(=O)c3ccccc3)c3ccccc3O2)c1. The average molecular weight is 441 g/mol. The van der Waals surface area contributed by atoms with E-state index in [1.54, 1.807) is 60.3 Å². The summed E-state index contributed by atoms with van der Waals surface area (Å²) in [5.74, 6) is -0.0581. The van der Waals surface area contributed by atoms with Gasteiger partial charge in [0.2, 0.25) is 0 Å². The van der Waals surface area contributed by atoms with Crippen molar-refractivity contribution in [3.63, 3.8) is 0 Å². The van der Waals surface area contributed by atoms with Crippen LogP contribution in [0, 0.1) is 0 Å². The molecule has 1 aliphatic heterocycles. The molecule has 154 valence electrons. The molecule has 0 fully saturated rings. The highest BCUT2D eigenvalue weighted by Crippen LogP contribution is 2.37. The van der Waals surface area contributed by atoms with Crippen molar-refractivity contribution in [1.29, 1.82) is 0 Å².